The molecule has 1 atom stereocenters. The quantitative estimate of drug-likeness (QED) is 0.787. The predicted molar refractivity (Wildman–Crippen MR) is 75.0 cm³/mol. The lowest BCUT2D eigenvalue weighted by atomic mass is 9.89. The van der Waals surface area contributed by atoms with Gasteiger partial charge in [0.15, 0.2) is 16.3 Å². The first-order valence-corrected chi connectivity index (χ1v) is 7.72. The number of nitrogens with zero attached hydrogens (tertiary/aromatic N) is 2. The summed E-state index contributed by atoms with van der Waals surface area (Å²) in [6.07, 6.45) is 5.49. The van der Waals surface area contributed by atoms with Crippen molar-refractivity contribution in [3.05, 3.63) is 21.8 Å². The van der Waals surface area contributed by atoms with E-state index in [0.29, 0.717) is 17.8 Å². The van der Waals surface area contributed by atoms with Crippen LogP contribution in [0.15, 0.2) is 10.5 Å². The van der Waals surface area contributed by atoms with Crippen LogP contribution in [-0.4, -0.2) is 56.8 Å². The summed E-state index contributed by atoms with van der Waals surface area (Å²) in [6.45, 7) is 0. The molecule has 0 aromatic carbocycles. The van der Waals surface area contributed by atoms with E-state index in [1.54, 1.807) is 14.2 Å². The molecule has 1 unspecified atom stereocenters. The van der Waals surface area contributed by atoms with E-state index in [4.69, 9.17) is 9.47 Å². The highest BCUT2D eigenvalue weighted by molar-refractivity contribution is 6.21. The lowest BCUT2D eigenvalue weighted by Gasteiger charge is -2.23. The van der Waals surface area contributed by atoms with Gasteiger partial charge in [0, 0.05) is 11.5 Å². The van der Waals surface area contributed by atoms with Gasteiger partial charge in [-0.2, -0.15) is 14.4 Å². The number of ether oxygens (including phenoxy) is 2. The van der Waals surface area contributed by atoms with E-state index >= 15 is 0 Å². The molecule has 2 rings (SSSR count). The van der Waals surface area contributed by atoms with Crippen molar-refractivity contribution in [2.45, 2.75) is 30.5 Å². The lowest BCUT2D eigenvalue weighted by Crippen LogP contribution is -2.13. The molecule has 0 saturated heterocycles. The monoisotopic (exact) mass is 286 g/mol. The van der Waals surface area contributed by atoms with Crippen LogP contribution in [0.4, 0.5) is 0 Å². The third-order valence-corrected chi connectivity index (χ3v) is 4.33. The predicted octanol–water partition coefficient (Wildman–Crippen LogP) is 1.48. The average molecular weight is 286 g/mol. The highest BCUT2D eigenvalue weighted by atomic mass is 27.1. The van der Waals surface area contributed by atoms with E-state index in [1.165, 1.54) is 4.44 Å². The minimum atomic E-state index is 0.384. The van der Waals surface area contributed by atoms with Crippen LogP contribution < -0.4 is 9.47 Å². The van der Waals surface area contributed by atoms with E-state index in [-0.39, 0.29) is 0 Å². The molecule has 4 nitrogen and oxygen atoms in total. The number of hydrogen-bond donors (Lipinski definition) is 0. The smallest absolute Gasteiger partial charge is 0.319 e. The van der Waals surface area contributed by atoms with Crippen molar-refractivity contribution in [3.63, 3.8) is 0 Å². The summed E-state index contributed by atoms with van der Waals surface area (Å²) >= 11 is 5.52. The van der Waals surface area contributed by atoms with Gasteiger partial charge in [-0.1, -0.05) is 5.28 Å². The van der Waals surface area contributed by atoms with Gasteiger partial charge in [0.25, 0.3) is 0 Å². The van der Waals surface area contributed by atoms with Crippen LogP contribution >= 0.6 is 0 Å². The van der Waals surface area contributed by atoms with Gasteiger partial charge in [-0.3, -0.25) is 0 Å². The first kappa shape index (κ1) is 14.9. The normalized spacial score (nSPS) is 18.8. The Kier molecular flexibility index (Phi) is 5.31. The van der Waals surface area contributed by atoms with Crippen molar-refractivity contribution < 1.29 is 9.47 Å². The van der Waals surface area contributed by atoms with Gasteiger partial charge in [0.2, 0.25) is 5.88 Å². The maximum absolute atomic E-state index is 5.37. The van der Waals surface area contributed by atoms with Crippen molar-refractivity contribution in [2.24, 2.45) is 0 Å². The summed E-state index contributed by atoms with van der Waals surface area (Å²) in [6, 6.07) is 0.384. The third-order valence-electron chi connectivity index (χ3n) is 3.39. The zero-order chi connectivity index (χ0) is 13.8. The van der Waals surface area contributed by atoms with Crippen molar-refractivity contribution in [3.8, 4) is 11.9 Å². The zero-order valence-corrected chi connectivity index (χ0v) is 13.7. The molecule has 0 saturated carbocycles. The van der Waals surface area contributed by atoms with Gasteiger partial charge in [-0.15, -0.1) is 6.08 Å². The number of rotatable bonds is 4. The molecule has 19 heavy (non-hydrogen) atoms. The van der Waals surface area contributed by atoms with Crippen LogP contribution in [0.5, 0.6) is 11.9 Å². The first-order valence-electron chi connectivity index (χ1n) is 6.33. The molecule has 1 aliphatic rings. The van der Waals surface area contributed by atoms with Gasteiger partial charge in [-0.25, -0.2) is 0 Å². The molecule has 1 aromatic rings. The molecule has 1 heterocycles. The second-order valence-corrected chi connectivity index (χ2v) is 5.69. The van der Waals surface area contributed by atoms with Crippen LogP contribution in [0.1, 0.15) is 36.4 Å². The molecule has 0 amide bonds. The SMILES string of the molecule is COc1nc(OC)c([CH2][Al])c(C2CC=[C]([Al])CC2)n1. The molecule has 0 fully saturated rings. The summed E-state index contributed by atoms with van der Waals surface area (Å²) in [7, 11) is 3.22. The molecule has 1 aromatic heterocycles. The molecule has 1 aliphatic carbocycles. The summed E-state index contributed by atoms with van der Waals surface area (Å²) in [5.74, 6) is 1.04. The van der Waals surface area contributed by atoms with E-state index < -0.39 is 0 Å². The second-order valence-electron chi connectivity index (χ2n) is 4.54. The van der Waals surface area contributed by atoms with E-state index in [0.717, 1.165) is 35.8 Å². The Morgan fingerprint density at radius 3 is 2.63 bits per heavy atom. The molecular formula is C13H16Al2N2O2. The topological polar surface area (TPSA) is 44.2 Å². The maximum atomic E-state index is 5.37. The minimum Gasteiger partial charge on any atom is -0.481 e. The van der Waals surface area contributed by atoms with E-state index in [1.807, 2.05) is 0 Å². The standard InChI is InChI=1S/C13H16N2O2.2Al/c1-9-11(10-7-5-4-6-8-10)14-13(17-3)15-12(9)16-2;;/h5,10H,1,6-8H2,2-3H3;;. The molecule has 0 aliphatic heterocycles. The van der Waals surface area contributed by atoms with E-state index in [2.05, 4.69) is 48.6 Å². The second kappa shape index (κ2) is 6.77. The maximum Gasteiger partial charge on any atom is 0.319 e. The van der Waals surface area contributed by atoms with Crippen LogP contribution in [0.25, 0.3) is 0 Å². The van der Waals surface area contributed by atoms with Crippen molar-refractivity contribution in [2.75, 3.05) is 14.2 Å². The fourth-order valence-electron chi connectivity index (χ4n) is 2.35. The number of methoxy groups -OCH3 is 2. The van der Waals surface area contributed by atoms with Crippen molar-refractivity contribution in [1.82, 2.24) is 9.97 Å². The molecular weight excluding hydrogens is 270 g/mol. The highest BCUT2D eigenvalue weighted by Crippen LogP contribution is 2.35. The lowest BCUT2D eigenvalue weighted by molar-refractivity contribution is 0.345. The fourth-order valence-corrected chi connectivity index (χ4v) is 3.04. The summed E-state index contributed by atoms with van der Waals surface area (Å²) < 4.78 is 11.9. The molecule has 96 valence electrons. The summed E-state index contributed by atoms with van der Waals surface area (Å²) in [4.78, 5) is 8.82. The molecule has 0 spiro atoms. The third kappa shape index (κ3) is 3.33. The van der Waals surface area contributed by atoms with Crippen LogP contribution in [0.2, 0.25) is 0 Å². The van der Waals surface area contributed by atoms with Gasteiger partial charge >= 0.3 is 6.01 Å². The van der Waals surface area contributed by atoms with Crippen molar-refractivity contribution in [1.29, 1.82) is 0 Å². The van der Waals surface area contributed by atoms with Gasteiger partial charge < -0.3 is 9.47 Å². The Morgan fingerprint density at radius 2 is 2.11 bits per heavy atom. The van der Waals surface area contributed by atoms with Gasteiger partial charge in [0.1, 0.15) is 16.3 Å². The molecule has 0 N–H and O–H groups in total. The number of hydrogen-bond acceptors (Lipinski definition) is 4. The summed E-state index contributed by atoms with van der Waals surface area (Å²) in [5, 5.41) is 0.788. The van der Waals surface area contributed by atoms with Crippen molar-refractivity contribution >= 4 is 32.6 Å². The number of allylic oxidation sites excluding steroid dienone is 2. The number of aromatic nitrogens is 2. The van der Waals surface area contributed by atoms with Gasteiger partial charge in [0.05, 0.1) is 19.9 Å². The highest BCUT2D eigenvalue weighted by Gasteiger charge is 2.22. The van der Waals surface area contributed by atoms with Gasteiger partial charge in [-0.05, 0) is 19.3 Å². The molecule has 6 heteroatoms. The summed E-state index contributed by atoms with van der Waals surface area (Å²) in [5.41, 5.74) is 2.13. The van der Waals surface area contributed by atoms with Crippen LogP contribution in [-0.2, 0) is 5.28 Å². The Bertz CT molecular complexity index is 492. The van der Waals surface area contributed by atoms with Crippen LogP contribution in [0.3, 0.4) is 0 Å². The molecule has 0 bridgehead atoms. The Balaban J connectivity index is 2.42. The van der Waals surface area contributed by atoms with Crippen LogP contribution in [0, 0.1) is 0 Å². The first-order chi connectivity index (χ1) is 9.19. The zero-order valence-electron chi connectivity index (χ0n) is 11.3. The average Bonchev–Trinajstić information content (AvgIpc) is 2.46. The Morgan fingerprint density at radius 1 is 1.32 bits per heavy atom. The Labute approximate surface area is 130 Å². The largest absolute Gasteiger partial charge is 0.481 e. The Hall–Kier alpha value is -0.515. The fraction of sp³-hybridized carbons (Fsp3) is 0.538. The van der Waals surface area contributed by atoms with E-state index in [9.17, 15) is 0 Å². The minimum absolute atomic E-state index is 0.384. The molecule has 4 radical (unpaired) electrons.